The number of thiophene rings is 1. The first-order valence-corrected chi connectivity index (χ1v) is 9.22. The van der Waals surface area contributed by atoms with Gasteiger partial charge in [0.05, 0.1) is 3.79 Å². The Bertz CT molecular complexity index is 510. The lowest BCUT2D eigenvalue weighted by Gasteiger charge is -2.32. The van der Waals surface area contributed by atoms with Crippen LogP contribution in [0.3, 0.4) is 0 Å². The first-order valence-electron chi connectivity index (χ1n) is 6.13. The molecule has 0 radical (unpaired) electrons. The molecule has 0 spiro atoms. The molecule has 0 unspecified atom stereocenters. The predicted octanol–water partition coefficient (Wildman–Crippen LogP) is 1.04. The Morgan fingerprint density at radius 1 is 1.32 bits per heavy atom. The Labute approximate surface area is 126 Å². The minimum atomic E-state index is -3.35. The fourth-order valence-electron chi connectivity index (χ4n) is 1.92. The van der Waals surface area contributed by atoms with Gasteiger partial charge in [-0.15, -0.1) is 11.3 Å². The van der Waals surface area contributed by atoms with Gasteiger partial charge in [0.15, 0.2) is 0 Å². The average Bonchev–Trinajstić information content (AvgIpc) is 2.79. The van der Waals surface area contributed by atoms with E-state index < -0.39 is 10.0 Å². The van der Waals surface area contributed by atoms with Gasteiger partial charge in [-0.2, -0.15) is 0 Å². The topological polar surface area (TPSA) is 52.6 Å². The summed E-state index contributed by atoms with van der Waals surface area (Å²) in [5.41, 5.74) is 0. The number of halogens is 1. The van der Waals surface area contributed by atoms with E-state index in [-0.39, 0.29) is 0 Å². The smallest absolute Gasteiger partial charge is 0.250 e. The summed E-state index contributed by atoms with van der Waals surface area (Å²) in [7, 11) is -1.24. The van der Waals surface area contributed by atoms with Crippen molar-refractivity contribution in [3.05, 3.63) is 15.9 Å². The fraction of sp³-hybridized carbons (Fsp3) is 0.636. The highest BCUT2D eigenvalue weighted by atomic mass is 79.9. The lowest BCUT2D eigenvalue weighted by Crippen LogP contribution is -2.46. The molecule has 0 aliphatic carbocycles. The van der Waals surface area contributed by atoms with Crippen LogP contribution in [0, 0.1) is 0 Å². The van der Waals surface area contributed by atoms with Crippen LogP contribution in [0.2, 0.25) is 0 Å². The molecule has 0 atom stereocenters. The van der Waals surface area contributed by atoms with Crippen LogP contribution in [0.1, 0.15) is 0 Å². The summed E-state index contributed by atoms with van der Waals surface area (Å²) in [5, 5.41) is 0. The van der Waals surface area contributed by atoms with Gasteiger partial charge in [0.1, 0.15) is 4.21 Å². The van der Waals surface area contributed by atoms with Crippen molar-refractivity contribution >= 4 is 37.3 Å². The number of sulfonamides is 1. The van der Waals surface area contributed by atoms with Crippen molar-refractivity contribution in [2.24, 2.45) is 0 Å². The highest BCUT2D eigenvalue weighted by Gasteiger charge is 2.17. The van der Waals surface area contributed by atoms with Crippen molar-refractivity contribution in [1.82, 2.24) is 14.5 Å². The van der Waals surface area contributed by atoms with Gasteiger partial charge in [-0.25, -0.2) is 13.1 Å². The zero-order chi connectivity index (χ0) is 13.9. The van der Waals surface area contributed by atoms with Crippen LogP contribution in [0.25, 0.3) is 0 Å². The van der Waals surface area contributed by atoms with Gasteiger partial charge in [-0.1, -0.05) is 0 Å². The average molecular weight is 368 g/mol. The second kappa shape index (κ2) is 6.64. The third kappa shape index (κ3) is 4.51. The minimum Gasteiger partial charge on any atom is -0.304 e. The van der Waals surface area contributed by atoms with E-state index in [1.165, 1.54) is 11.3 Å². The number of nitrogens with zero attached hydrogens (tertiary/aromatic N) is 2. The quantitative estimate of drug-likeness (QED) is 0.844. The van der Waals surface area contributed by atoms with Gasteiger partial charge in [0.2, 0.25) is 10.0 Å². The number of nitrogens with one attached hydrogen (secondary N) is 1. The normalized spacial score (nSPS) is 18.8. The lowest BCUT2D eigenvalue weighted by molar-refractivity contribution is 0.156. The molecule has 1 N–H and O–H groups in total. The van der Waals surface area contributed by atoms with Crippen LogP contribution >= 0.6 is 27.3 Å². The zero-order valence-electron chi connectivity index (χ0n) is 10.8. The maximum Gasteiger partial charge on any atom is 0.250 e. The molecule has 2 heterocycles. The molecule has 1 aliphatic rings. The zero-order valence-corrected chi connectivity index (χ0v) is 14.0. The van der Waals surface area contributed by atoms with E-state index in [4.69, 9.17) is 0 Å². The molecule has 0 aromatic carbocycles. The largest absolute Gasteiger partial charge is 0.304 e. The van der Waals surface area contributed by atoms with Crippen LogP contribution in [-0.4, -0.2) is 64.5 Å². The molecule has 1 aliphatic heterocycles. The number of rotatable bonds is 5. The van der Waals surface area contributed by atoms with Crippen molar-refractivity contribution < 1.29 is 8.42 Å². The summed E-state index contributed by atoms with van der Waals surface area (Å²) >= 11 is 4.50. The van der Waals surface area contributed by atoms with Crippen LogP contribution in [-0.2, 0) is 10.0 Å². The molecular weight excluding hydrogens is 350 g/mol. The molecule has 5 nitrogen and oxygen atoms in total. The molecule has 2 rings (SSSR count). The summed E-state index contributed by atoms with van der Waals surface area (Å²) in [4.78, 5) is 4.57. The minimum absolute atomic E-state index is 0.359. The van der Waals surface area contributed by atoms with Crippen molar-refractivity contribution in [2.75, 3.05) is 46.3 Å². The monoisotopic (exact) mass is 367 g/mol. The number of hydrogen-bond donors (Lipinski definition) is 1. The van der Waals surface area contributed by atoms with Gasteiger partial charge in [0, 0.05) is 39.3 Å². The highest BCUT2D eigenvalue weighted by Crippen LogP contribution is 2.25. The Hall–Kier alpha value is 0.01000. The Balaban J connectivity index is 1.79. The molecular formula is C11H18BrN3O2S2. The molecule has 1 fully saturated rings. The third-order valence-electron chi connectivity index (χ3n) is 3.13. The van der Waals surface area contributed by atoms with E-state index in [0.29, 0.717) is 10.8 Å². The number of piperazine rings is 1. The van der Waals surface area contributed by atoms with E-state index >= 15 is 0 Å². The summed E-state index contributed by atoms with van der Waals surface area (Å²) in [5.74, 6) is 0. The van der Waals surface area contributed by atoms with Gasteiger partial charge in [0.25, 0.3) is 0 Å². The molecule has 0 amide bonds. The third-order valence-corrected chi connectivity index (χ3v) is 6.71. The fourth-order valence-corrected chi connectivity index (χ4v) is 5.00. The first kappa shape index (κ1) is 15.4. The van der Waals surface area contributed by atoms with Gasteiger partial charge < -0.3 is 4.90 Å². The molecule has 19 heavy (non-hydrogen) atoms. The number of likely N-dealkylation sites (N-methyl/N-ethyl adjacent to an activating group) is 1. The van der Waals surface area contributed by atoms with Gasteiger partial charge in [-0.3, -0.25) is 4.90 Å². The molecule has 8 heteroatoms. The summed E-state index contributed by atoms with van der Waals surface area (Å²) in [6.45, 7) is 5.32. The second-order valence-corrected chi connectivity index (χ2v) is 9.06. The molecule has 0 saturated carbocycles. The standard InChI is InChI=1S/C11H18BrN3O2S2/c1-14-6-8-15(9-7-14)5-4-13-19(16,17)11-3-2-10(12)18-11/h2-3,13H,4-9H2,1H3. The number of hydrogen-bond acceptors (Lipinski definition) is 5. The lowest BCUT2D eigenvalue weighted by atomic mass is 10.3. The molecule has 0 bridgehead atoms. The first-order chi connectivity index (χ1) is 8.97. The predicted molar refractivity (Wildman–Crippen MR) is 81.1 cm³/mol. The van der Waals surface area contributed by atoms with Gasteiger partial charge in [-0.05, 0) is 35.1 Å². The van der Waals surface area contributed by atoms with Crippen molar-refractivity contribution in [1.29, 1.82) is 0 Å². The van der Waals surface area contributed by atoms with Crippen molar-refractivity contribution in [3.8, 4) is 0 Å². The van der Waals surface area contributed by atoms with E-state index in [9.17, 15) is 8.42 Å². The Morgan fingerprint density at radius 3 is 2.58 bits per heavy atom. The molecule has 1 aromatic rings. The van der Waals surface area contributed by atoms with Crippen LogP contribution < -0.4 is 4.72 Å². The maximum absolute atomic E-state index is 12.0. The SMILES string of the molecule is CN1CCN(CCNS(=O)(=O)c2ccc(Br)s2)CC1. The second-order valence-electron chi connectivity index (χ2n) is 4.60. The summed E-state index contributed by atoms with van der Waals surface area (Å²) in [6, 6.07) is 3.37. The van der Waals surface area contributed by atoms with Crippen LogP contribution in [0.5, 0.6) is 0 Å². The van der Waals surface area contributed by atoms with E-state index in [1.807, 2.05) is 0 Å². The summed E-state index contributed by atoms with van der Waals surface area (Å²) < 4.78 is 27.8. The molecule has 108 valence electrons. The Kier molecular flexibility index (Phi) is 5.38. The maximum atomic E-state index is 12.0. The highest BCUT2D eigenvalue weighted by molar-refractivity contribution is 9.11. The van der Waals surface area contributed by atoms with Crippen LogP contribution in [0.15, 0.2) is 20.1 Å². The van der Waals surface area contributed by atoms with Gasteiger partial charge >= 0.3 is 0 Å². The van der Waals surface area contributed by atoms with E-state index in [1.54, 1.807) is 12.1 Å². The molecule has 1 aromatic heterocycles. The summed E-state index contributed by atoms with van der Waals surface area (Å²) in [6.07, 6.45) is 0. The molecule has 1 saturated heterocycles. The van der Waals surface area contributed by atoms with E-state index in [0.717, 1.165) is 36.5 Å². The van der Waals surface area contributed by atoms with E-state index in [2.05, 4.69) is 37.5 Å². The van der Waals surface area contributed by atoms with Crippen LogP contribution in [0.4, 0.5) is 0 Å². The van der Waals surface area contributed by atoms with Crippen molar-refractivity contribution in [2.45, 2.75) is 4.21 Å². The van der Waals surface area contributed by atoms with Crippen molar-refractivity contribution in [3.63, 3.8) is 0 Å². The Morgan fingerprint density at radius 2 is 2.00 bits per heavy atom.